The number of thiophene rings is 1. The minimum absolute atomic E-state index is 0.0700. The Labute approximate surface area is 182 Å². The summed E-state index contributed by atoms with van der Waals surface area (Å²) < 4.78 is 16.7. The Morgan fingerprint density at radius 3 is 2.83 bits per heavy atom. The molecule has 0 bridgehead atoms. The van der Waals surface area contributed by atoms with Crippen molar-refractivity contribution in [3.05, 3.63) is 51.8 Å². The quantitative estimate of drug-likeness (QED) is 0.635. The molecule has 156 valence electrons. The molecule has 1 amide bonds. The van der Waals surface area contributed by atoms with Crippen LogP contribution in [0.2, 0.25) is 0 Å². The molecule has 30 heavy (non-hydrogen) atoms. The second kappa shape index (κ2) is 8.02. The van der Waals surface area contributed by atoms with Gasteiger partial charge in [0.05, 0.1) is 10.6 Å². The van der Waals surface area contributed by atoms with Crippen LogP contribution in [0.3, 0.4) is 0 Å². The van der Waals surface area contributed by atoms with E-state index in [4.69, 9.17) is 14.2 Å². The van der Waals surface area contributed by atoms with E-state index in [1.165, 1.54) is 11.3 Å². The normalized spacial score (nSPS) is 17.1. The van der Waals surface area contributed by atoms with Crippen LogP contribution in [0.25, 0.3) is 9.88 Å². The van der Waals surface area contributed by atoms with Gasteiger partial charge in [-0.3, -0.25) is 4.79 Å². The number of rotatable bonds is 5. The summed E-state index contributed by atoms with van der Waals surface area (Å²) in [6.07, 6.45) is 1.68. The SMILES string of the molecule is Cc1nc(-c2cccs2)sc1C(=O)NCC1(c2ccc3c(c2)OCO3)CCOCC1. The van der Waals surface area contributed by atoms with E-state index < -0.39 is 0 Å². The smallest absolute Gasteiger partial charge is 0.263 e. The first kappa shape index (κ1) is 19.5. The number of thiazole rings is 1. The third-order valence-corrected chi connectivity index (χ3v) is 7.95. The number of carbonyl (C=O) groups is 1. The summed E-state index contributed by atoms with van der Waals surface area (Å²) in [7, 11) is 0. The Bertz CT molecular complexity index is 1060. The number of aryl methyl sites for hydroxylation is 1. The maximum Gasteiger partial charge on any atom is 0.263 e. The molecule has 3 aromatic rings. The summed E-state index contributed by atoms with van der Waals surface area (Å²) in [6, 6.07) is 10.1. The van der Waals surface area contributed by atoms with Crippen molar-refractivity contribution in [1.29, 1.82) is 0 Å². The molecule has 0 radical (unpaired) electrons. The maximum atomic E-state index is 13.0. The lowest BCUT2D eigenvalue weighted by Crippen LogP contribution is -2.44. The third-order valence-electron chi connectivity index (χ3n) is 5.76. The van der Waals surface area contributed by atoms with Crippen LogP contribution in [0.1, 0.15) is 33.8 Å². The van der Waals surface area contributed by atoms with Crippen LogP contribution < -0.4 is 14.8 Å². The van der Waals surface area contributed by atoms with E-state index >= 15 is 0 Å². The highest BCUT2D eigenvalue weighted by Crippen LogP contribution is 2.40. The molecule has 5 rings (SSSR count). The lowest BCUT2D eigenvalue weighted by atomic mass is 9.74. The first-order valence-electron chi connectivity index (χ1n) is 9.92. The van der Waals surface area contributed by atoms with Crippen molar-refractivity contribution in [2.24, 2.45) is 0 Å². The van der Waals surface area contributed by atoms with Gasteiger partial charge in [0.25, 0.3) is 5.91 Å². The molecule has 6 nitrogen and oxygen atoms in total. The highest BCUT2D eigenvalue weighted by molar-refractivity contribution is 7.22. The number of amides is 1. The zero-order valence-electron chi connectivity index (χ0n) is 16.6. The van der Waals surface area contributed by atoms with Crippen LogP contribution in [0.5, 0.6) is 11.5 Å². The number of carbonyl (C=O) groups excluding carboxylic acids is 1. The maximum absolute atomic E-state index is 13.0. The largest absolute Gasteiger partial charge is 0.454 e. The molecule has 2 aromatic heterocycles. The van der Waals surface area contributed by atoms with Gasteiger partial charge in [0.1, 0.15) is 9.88 Å². The fraction of sp³-hybridized carbons (Fsp3) is 0.364. The molecule has 1 fully saturated rings. The van der Waals surface area contributed by atoms with E-state index in [0.717, 1.165) is 45.5 Å². The minimum Gasteiger partial charge on any atom is -0.454 e. The number of benzene rings is 1. The van der Waals surface area contributed by atoms with Gasteiger partial charge in [-0.1, -0.05) is 12.1 Å². The van der Waals surface area contributed by atoms with Crippen molar-refractivity contribution in [1.82, 2.24) is 10.3 Å². The molecule has 1 N–H and O–H groups in total. The van der Waals surface area contributed by atoms with Gasteiger partial charge in [0.15, 0.2) is 11.5 Å². The highest BCUT2D eigenvalue weighted by atomic mass is 32.1. The van der Waals surface area contributed by atoms with E-state index in [0.29, 0.717) is 24.6 Å². The number of fused-ring (bicyclic) bond motifs is 1. The Hall–Kier alpha value is -2.42. The average Bonchev–Trinajstić information content (AvgIpc) is 3.52. The van der Waals surface area contributed by atoms with Crippen molar-refractivity contribution >= 4 is 28.6 Å². The van der Waals surface area contributed by atoms with Gasteiger partial charge >= 0.3 is 0 Å². The lowest BCUT2D eigenvalue weighted by Gasteiger charge is -2.38. The van der Waals surface area contributed by atoms with E-state index in [2.05, 4.69) is 16.4 Å². The lowest BCUT2D eigenvalue weighted by molar-refractivity contribution is 0.0487. The van der Waals surface area contributed by atoms with E-state index in [1.807, 2.05) is 36.6 Å². The number of hydrogen-bond donors (Lipinski definition) is 1. The Morgan fingerprint density at radius 1 is 1.20 bits per heavy atom. The monoisotopic (exact) mass is 442 g/mol. The van der Waals surface area contributed by atoms with Crippen LogP contribution >= 0.6 is 22.7 Å². The standard InChI is InChI=1S/C22H22N2O4S2/c1-14-19(30-21(24-14)18-3-2-10-29-18)20(25)23-12-22(6-8-26-9-7-22)15-4-5-16-17(11-15)28-13-27-16/h2-5,10-11H,6-9,12-13H2,1H3,(H,23,25). The predicted octanol–water partition coefficient (Wildman–Crippen LogP) is 4.39. The van der Waals surface area contributed by atoms with Gasteiger partial charge in [-0.15, -0.1) is 22.7 Å². The predicted molar refractivity (Wildman–Crippen MR) is 117 cm³/mol. The Kier molecular flexibility index (Phi) is 5.22. The van der Waals surface area contributed by atoms with Crippen LogP contribution in [0.15, 0.2) is 35.7 Å². The molecular weight excluding hydrogens is 420 g/mol. The van der Waals surface area contributed by atoms with E-state index in [1.54, 1.807) is 11.3 Å². The summed E-state index contributed by atoms with van der Waals surface area (Å²) in [5, 5.41) is 6.10. The first-order valence-corrected chi connectivity index (χ1v) is 11.6. The minimum atomic E-state index is -0.190. The second-order valence-corrected chi connectivity index (χ2v) is 9.50. The fourth-order valence-electron chi connectivity index (χ4n) is 4.00. The molecule has 2 aliphatic rings. The average molecular weight is 443 g/mol. The van der Waals surface area contributed by atoms with Gasteiger partial charge in [0, 0.05) is 25.2 Å². The zero-order valence-corrected chi connectivity index (χ0v) is 18.2. The summed E-state index contributed by atoms with van der Waals surface area (Å²) >= 11 is 3.08. The molecule has 1 saturated heterocycles. The summed E-state index contributed by atoms with van der Waals surface area (Å²) in [5.74, 6) is 1.47. The van der Waals surface area contributed by atoms with Crippen molar-refractivity contribution in [3.8, 4) is 21.4 Å². The highest BCUT2D eigenvalue weighted by Gasteiger charge is 2.36. The van der Waals surface area contributed by atoms with Crippen LogP contribution in [0.4, 0.5) is 0 Å². The van der Waals surface area contributed by atoms with Crippen molar-refractivity contribution < 1.29 is 19.0 Å². The summed E-state index contributed by atoms with van der Waals surface area (Å²) in [6.45, 7) is 4.03. The topological polar surface area (TPSA) is 69.7 Å². The molecule has 0 aliphatic carbocycles. The molecule has 1 aromatic carbocycles. The number of ether oxygens (including phenoxy) is 3. The van der Waals surface area contributed by atoms with Gasteiger partial charge in [-0.05, 0) is 48.9 Å². The van der Waals surface area contributed by atoms with Crippen molar-refractivity contribution in [2.45, 2.75) is 25.2 Å². The van der Waals surface area contributed by atoms with Crippen LogP contribution in [-0.2, 0) is 10.2 Å². The molecule has 2 aliphatic heterocycles. The molecule has 4 heterocycles. The van der Waals surface area contributed by atoms with Crippen molar-refractivity contribution in [2.75, 3.05) is 26.6 Å². The first-order chi connectivity index (χ1) is 14.6. The second-order valence-electron chi connectivity index (χ2n) is 7.55. The fourth-order valence-corrected chi connectivity index (χ4v) is 5.78. The molecule has 0 unspecified atom stereocenters. The summed E-state index contributed by atoms with van der Waals surface area (Å²) in [5.41, 5.74) is 1.73. The van der Waals surface area contributed by atoms with E-state index in [-0.39, 0.29) is 18.1 Å². The van der Waals surface area contributed by atoms with Gasteiger partial charge < -0.3 is 19.5 Å². The number of nitrogens with one attached hydrogen (secondary N) is 1. The Balaban J connectivity index is 1.37. The van der Waals surface area contributed by atoms with E-state index in [9.17, 15) is 4.79 Å². The van der Waals surface area contributed by atoms with Crippen LogP contribution in [-0.4, -0.2) is 37.4 Å². The van der Waals surface area contributed by atoms with Gasteiger partial charge in [-0.2, -0.15) is 0 Å². The summed E-state index contributed by atoms with van der Waals surface area (Å²) in [4.78, 5) is 19.4. The molecule has 0 atom stereocenters. The number of hydrogen-bond acceptors (Lipinski definition) is 7. The molecule has 0 spiro atoms. The zero-order chi connectivity index (χ0) is 20.6. The van der Waals surface area contributed by atoms with Gasteiger partial charge in [-0.25, -0.2) is 4.98 Å². The molecule has 8 heteroatoms. The molecule has 0 saturated carbocycles. The Morgan fingerprint density at radius 2 is 2.03 bits per heavy atom. The number of nitrogens with zero attached hydrogens (tertiary/aromatic N) is 1. The third kappa shape index (κ3) is 3.59. The van der Waals surface area contributed by atoms with Crippen molar-refractivity contribution in [3.63, 3.8) is 0 Å². The van der Waals surface area contributed by atoms with Gasteiger partial charge in [0.2, 0.25) is 6.79 Å². The number of aromatic nitrogens is 1. The van der Waals surface area contributed by atoms with Crippen LogP contribution in [0, 0.1) is 6.92 Å². The molecular formula is C22H22N2O4S2.